The van der Waals surface area contributed by atoms with Gasteiger partial charge in [-0.05, 0) is 98.3 Å². The van der Waals surface area contributed by atoms with Gasteiger partial charge in [0.1, 0.15) is 30.9 Å². The second-order valence-corrected chi connectivity index (χ2v) is 20.6. The molecule has 2 aromatic rings. The molecule has 424 valence electrons. The minimum atomic E-state index is -1.07. The number of amides is 9. The van der Waals surface area contributed by atoms with Crippen molar-refractivity contribution in [3.63, 3.8) is 0 Å². The molecule has 9 amide bonds. The maximum Gasteiger partial charge on any atom is 0.410 e. The molecule has 3 aliphatic rings. The van der Waals surface area contributed by atoms with Crippen molar-refractivity contribution in [2.45, 2.75) is 129 Å². The first kappa shape index (κ1) is 61.5. The van der Waals surface area contributed by atoms with Crippen LogP contribution in [-0.4, -0.2) is 148 Å². The van der Waals surface area contributed by atoms with Gasteiger partial charge in [-0.2, -0.15) is 0 Å². The number of carbonyl (C=O) groups is 9. The van der Waals surface area contributed by atoms with Crippen LogP contribution in [-0.2, 0) is 49.6 Å². The van der Waals surface area contributed by atoms with Crippen molar-refractivity contribution in [3.05, 3.63) is 88.8 Å². The van der Waals surface area contributed by atoms with Gasteiger partial charge >= 0.3 is 24.2 Å². The summed E-state index contributed by atoms with van der Waals surface area (Å²) in [6, 6.07) is 5.51. The van der Waals surface area contributed by atoms with Crippen molar-refractivity contribution in [3.8, 4) is 0 Å². The Morgan fingerprint density at radius 3 is 2.22 bits per heavy atom. The number of nitrogens with one attached hydrogen (secondary N) is 4. The molecule has 3 aliphatic heterocycles. The number of benzene rings is 1. The minimum absolute atomic E-state index is 0.0896. The molecule has 0 bridgehead atoms. The number of piperazine rings is 1. The van der Waals surface area contributed by atoms with Crippen LogP contribution < -0.4 is 27.0 Å². The standard InChI is InChI=1S/C55H74ClN9O13/c1-34(2)49(62-45(67)11-7-6-8-23-65-46(68)20-21-47(65)69)52(72)61-43(10-9-22-59-53(57)73)51(71)60-41-16-14-38(15-17-41)33-76-54(74)63-24-26-64(27-25-63)55(75)77-44-19-13-36(4)50(37(5)28-39-29-40(56)32-58-31-39)78-48(70)30-42(66)18-12-35(44)3/h13-17,19-21,28-29,31-32,34-36,42-44,49-50,66H,6-12,18,22-27,30,33H2,1-5H3,(H,60,71)(H,61,72)(H,62,67)(H3,57,59,73)/b19-13-,37-28+/t35-,36-,42+,43-,44-,49-,50-/m0/s1. The third-order valence-electron chi connectivity index (χ3n) is 13.5. The number of hydrogen-bond acceptors (Lipinski definition) is 14. The van der Waals surface area contributed by atoms with Crippen molar-refractivity contribution < 1.29 is 62.5 Å². The Kier molecular flexibility index (Phi) is 24.1. The van der Waals surface area contributed by atoms with Gasteiger partial charge in [0.15, 0.2) is 0 Å². The number of cyclic esters (lactones) is 1. The largest absolute Gasteiger partial charge is 0.457 e. The van der Waals surface area contributed by atoms with E-state index in [1.54, 1.807) is 56.5 Å². The van der Waals surface area contributed by atoms with E-state index >= 15 is 0 Å². The highest BCUT2D eigenvalue weighted by Gasteiger charge is 2.32. The highest BCUT2D eigenvalue weighted by molar-refractivity contribution is 6.30. The summed E-state index contributed by atoms with van der Waals surface area (Å²) in [5.74, 6) is -3.67. The number of urea groups is 1. The van der Waals surface area contributed by atoms with Gasteiger partial charge in [-0.1, -0.05) is 70.0 Å². The van der Waals surface area contributed by atoms with Gasteiger partial charge in [0.05, 0.1) is 17.5 Å². The zero-order valence-corrected chi connectivity index (χ0v) is 45.7. The van der Waals surface area contributed by atoms with Gasteiger partial charge in [0.2, 0.25) is 17.7 Å². The molecule has 5 rings (SSSR count). The first-order valence-electron chi connectivity index (χ1n) is 26.5. The third kappa shape index (κ3) is 19.9. The number of halogens is 1. The quantitative estimate of drug-likeness (QED) is 0.0301. The molecule has 1 aromatic carbocycles. The number of hydrogen-bond donors (Lipinski definition) is 6. The number of primary amides is 1. The molecule has 0 radical (unpaired) electrons. The number of ether oxygens (including phenoxy) is 3. The minimum Gasteiger partial charge on any atom is -0.457 e. The van der Waals surface area contributed by atoms with E-state index in [0.29, 0.717) is 42.0 Å². The number of nitrogens with two attached hydrogens (primary N) is 1. The Balaban J connectivity index is 1.09. The highest BCUT2D eigenvalue weighted by atomic mass is 35.5. The van der Waals surface area contributed by atoms with Crippen LogP contribution in [0.15, 0.2) is 72.6 Å². The van der Waals surface area contributed by atoms with E-state index in [1.807, 2.05) is 32.9 Å². The van der Waals surface area contributed by atoms with Crippen LogP contribution in [0.2, 0.25) is 5.02 Å². The molecule has 0 aliphatic carbocycles. The lowest BCUT2D eigenvalue weighted by molar-refractivity contribution is -0.151. The van der Waals surface area contributed by atoms with E-state index in [1.165, 1.54) is 28.1 Å². The Morgan fingerprint density at radius 1 is 0.885 bits per heavy atom. The van der Waals surface area contributed by atoms with E-state index in [9.17, 15) is 48.3 Å². The molecule has 22 nitrogen and oxygen atoms in total. The molecule has 78 heavy (non-hydrogen) atoms. The van der Waals surface area contributed by atoms with E-state index in [0.717, 1.165) is 16.0 Å². The molecule has 7 atom stereocenters. The zero-order chi connectivity index (χ0) is 56.9. The number of rotatable bonds is 21. The Morgan fingerprint density at radius 2 is 1.56 bits per heavy atom. The number of aliphatic hydroxyl groups excluding tert-OH is 1. The summed E-state index contributed by atoms with van der Waals surface area (Å²) < 4.78 is 17.6. The van der Waals surface area contributed by atoms with E-state index in [2.05, 4.69) is 26.3 Å². The molecule has 1 fully saturated rings. The summed E-state index contributed by atoms with van der Waals surface area (Å²) in [5, 5.41) is 21.9. The zero-order valence-electron chi connectivity index (χ0n) is 45.0. The number of anilines is 1. The lowest BCUT2D eigenvalue weighted by Gasteiger charge is -2.35. The van der Waals surface area contributed by atoms with Crippen molar-refractivity contribution >= 4 is 77.1 Å². The van der Waals surface area contributed by atoms with Crippen LogP contribution in [0.3, 0.4) is 0 Å². The van der Waals surface area contributed by atoms with Gasteiger partial charge in [-0.15, -0.1) is 0 Å². The third-order valence-corrected chi connectivity index (χ3v) is 13.7. The van der Waals surface area contributed by atoms with Crippen LogP contribution >= 0.6 is 11.6 Å². The van der Waals surface area contributed by atoms with Crippen LogP contribution in [0.4, 0.5) is 20.1 Å². The van der Waals surface area contributed by atoms with Gasteiger partial charge in [-0.3, -0.25) is 38.7 Å². The van der Waals surface area contributed by atoms with Crippen molar-refractivity contribution in [1.29, 1.82) is 0 Å². The van der Waals surface area contributed by atoms with Gasteiger partial charge < -0.3 is 56.1 Å². The number of unbranched alkanes of at least 4 members (excludes halogenated alkanes) is 2. The normalized spacial score (nSPS) is 21.3. The first-order chi connectivity index (χ1) is 37.2. The second kappa shape index (κ2) is 30.6. The molecule has 7 N–H and O–H groups in total. The summed E-state index contributed by atoms with van der Waals surface area (Å²) in [7, 11) is 0. The van der Waals surface area contributed by atoms with Crippen molar-refractivity contribution in [2.75, 3.05) is 44.6 Å². The number of aliphatic hydroxyl groups is 1. The SMILES string of the molecule is C/C(=C\c1cncc(Cl)c1)[C@H]1OC(=O)C[C@H](O)CC[C@H](C)[C@@H](OC(=O)N2CCN(C(=O)OCc3ccc(NC(=O)[C@H](CCCNC(N)=O)NC(=O)[C@@H](NC(=O)CCCCCN4C(=O)C=CC4=O)C(C)C)cc3)CC2)/C=C\[C@@H]1C. The Labute approximate surface area is 459 Å². The summed E-state index contributed by atoms with van der Waals surface area (Å²) >= 11 is 6.15. The summed E-state index contributed by atoms with van der Waals surface area (Å²) in [6.07, 6.45) is 10.2. The second-order valence-electron chi connectivity index (χ2n) is 20.2. The topological polar surface area (TPSA) is 298 Å². The number of esters is 1. The molecular formula is C55H74ClN9O13. The van der Waals surface area contributed by atoms with Crippen LogP contribution in [0.25, 0.3) is 6.08 Å². The van der Waals surface area contributed by atoms with Gasteiger partial charge in [-0.25, -0.2) is 14.4 Å². The monoisotopic (exact) mass is 1100 g/mol. The highest BCUT2D eigenvalue weighted by Crippen LogP contribution is 2.27. The average Bonchev–Trinajstić information content (AvgIpc) is 3.72. The number of pyridine rings is 1. The fourth-order valence-electron chi connectivity index (χ4n) is 8.93. The van der Waals surface area contributed by atoms with E-state index < -0.39 is 66.4 Å². The lowest BCUT2D eigenvalue weighted by atomic mass is 9.91. The average molecular weight is 1100 g/mol. The Hall–Kier alpha value is -7.33. The molecule has 0 saturated carbocycles. The molecule has 23 heteroatoms. The van der Waals surface area contributed by atoms with Crippen LogP contribution in [0.5, 0.6) is 0 Å². The predicted octanol–water partition coefficient (Wildman–Crippen LogP) is 5.38. The lowest BCUT2D eigenvalue weighted by Crippen LogP contribution is -2.54. The fourth-order valence-corrected chi connectivity index (χ4v) is 9.11. The van der Waals surface area contributed by atoms with Crippen LogP contribution in [0, 0.1) is 17.8 Å². The fraction of sp³-hybridized carbons (Fsp3) is 0.527. The summed E-state index contributed by atoms with van der Waals surface area (Å²) in [6.45, 7) is 10.2. The first-order valence-corrected chi connectivity index (χ1v) is 26.8. The molecule has 1 aromatic heterocycles. The molecular weight excluding hydrogens is 1030 g/mol. The molecule has 0 unspecified atom stereocenters. The van der Waals surface area contributed by atoms with Crippen molar-refractivity contribution in [2.24, 2.45) is 23.5 Å². The summed E-state index contributed by atoms with van der Waals surface area (Å²) in [4.78, 5) is 123. The van der Waals surface area contributed by atoms with Crippen LogP contribution in [0.1, 0.15) is 104 Å². The molecule has 1 saturated heterocycles. The van der Waals surface area contributed by atoms with Gasteiger partial charge in [0, 0.05) is 81.8 Å². The molecule has 0 spiro atoms. The number of nitrogens with zero attached hydrogens (tertiary/aromatic N) is 4. The smallest absolute Gasteiger partial charge is 0.410 e. The maximum atomic E-state index is 13.7. The number of carbonyl (C=O) groups excluding carboxylic acids is 9. The molecule has 4 heterocycles. The number of aromatic nitrogens is 1. The van der Waals surface area contributed by atoms with E-state index in [-0.39, 0.29) is 113 Å². The Bertz CT molecular complexity index is 2510. The number of imide groups is 1. The van der Waals surface area contributed by atoms with E-state index in [4.69, 9.17) is 31.5 Å². The predicted molar refractivity (Wildman–Crippen MR) is 289 cm³/mol. The maximum absolute atomic E-state index is 13.7. The van der Waals surface area contributed by atoms with Gasteiger partial charge in [0.25, 0.3) is 11.8 Å². The van der Waals surface area contributed by atoms with Crippen molar-refractivity contribution in [1.82, 2.24) is 35.6 Å². The summed E-state index contributed by atoms with van der Waals surface area (Å²) in [5.41, 5.74) is 7.66.